The van der Waals surface area contributed by atoms with Gasteiger partial charge in [0.05, 0.1) is 7.11 Å². The summed E-state index contributed by atoms with van der Waals surface area (Å²) in [5.74, 6) is 3.56. The summed E-state index contributed by atoms with van der Waals surface area (Å²) in [6.45, 7) is 2.20. The highest BCUT2D eigenvalue weighted by Crippen LogP contribution is 2.38. The van der Waals surface area contributed by atoms with Gasteiger partial charge in [-0.25, -0.2) is 0 Å². The maximum absolute atomic E-state index is 5.41. The van der Waals surface area contributed by atoms with Crippen LogP contribution in [0.5, 0.6) is 17.2 Å². The van der Waals surface area contributed by atoms with Crippen molar-refractivity contribution >= 4 is 11.8 Å². The fourth-order valence-electron chi connectivity index (χ4n) is 1.90. The SMILES string of the molecule is COc1cc2c(cc1CN(C)CCSC)OCO2. The first-order chi connectivity index (χ1) is 8.74. The lowest BCUT2D eigenvalue weighted by Gasteiger charge is -2.18. The summed E-state index contributed by atoms with van der Waals surface area (Å²) in [4.78, 5) is 2.27. The summed E-state index contributed by atoms with van der Waals surface area (Å²) in [7, 11) is 3.79. The first-order valence-corrected chi connectivity index (χ1v) is 7.28. The second-order valence-electron chi connectivity index (χ2n) is 4.25. The van der Waals surface area contributed by atoms with Gasteiger partial charge in [0.15, 0.2) is 11.5 Å². The van der Waals surface area contributed by atoms with Crippen molar-refractivity contribution in [3.63, 3.8) is 0 Å². The highest BCUT2D eigenvalue weighted by Gasteiger charge is 2.18. The monoisotopic (exact) mass is 269 g/mol. The molecule has 0 saturated carbocycles. The van der Waals surface area contributed by atoms with E-state index in [0.29, 0.717) is 6.79 Å². The Bertz CT molecular complexity index is 411. The molecule has 18 heavy (non-hydrogen) atoms. The van der Waals surface area contributed by atoms with Crippen LogP contribution in [-0.2, 0) is 6.54 Å². The van der Waals surface area contributed by atoms with Crippen LogP contribution in [-0.4, -0.2) is 44.4 Å². The van der Waals surface area contributed by atoms with Gasteiger partial charge in [-0.05, 0) is 19.4 Å². The molecule has 4 nitrogen and oxygen atoms in total. The van der Waals surface area contributed by atoms with Gasteiger partial charge in [-0.3, -0.25) is 0 Å². The number of thioether (sulfide) groups is 1. The number of benzene rings is 1. The molecule has 0 aliphatic carbocycles. The minimum Gasteiger partial charge on any atom is -0.496 e. The second-order valence-corrected chi connectivity index (χ2v) is 5.23. The van der Waals surface area contributed by atoms with Gasteiger partial charge in [0, 0.05) is 30.5 Å². The Morgan fingerprint density at radius 1 is 1.33 bits per heavy atom. The molecule has 1 aromatic rings. The van der Waals surface area contributed by atoms with Crippen LogP contribution in [0.3, 0.4) is 0 Å². The van der Waals surface area contributed by atoms with E-state index in [1.165, 1.54) is 0 Å². The molecule has 1 aliphatic rings. The summed E-state index contributed by atoms with van der Waals surface area (Å²) in [5.41, 5.74) is 1.13. The van der Waals surface area contributed by atoms with E-state index in [1.807, 2.05) is 23.9 Å². The van der Waals surface area contributed by atoms with E-state index in [2.05, 4.69) is 18.2 Å². The molecular weight excluding hydrogens is 250 g/mol. The summed E-state index contributed by atoms with van der Waals surface area (Å²) in [5, 5.41) is 0. The van der Waals surface area contributed by atoms with E-state index >= 15 is 0 Å². The number of fused-ring (bicyclic) bond motifs is 1. The molecule has 2 rings (SSSR count). The molecule has 1 heterocycles. The van der Waals surface area contributed by atoms with E-state index < -0.39 is 0 Å². The third-order valence-electron chi connectivity index (χ3n) is 2.89. The number of methoxy groups -OCH3 is 1. The molecule has 0 radical (unpaired) electrons. The lowest BCUT2D eigenvalue weighted by Crippen LogP contribution is -2.20. The number of ether oxygens (including phenoxy) is 3. The molecule has 0 fully saturated rings. The molecule has 5 heteroatoms. The Kier molecular flexibility index (Phi) is 4.60. The van der Waals surface area contributed by atoms with Crippen molar-refractivity contribution in [3.05, 3.63) is 17.7 Å². The molecule has 0 bridgehead atoms. The van der Waals surface area contributed by atoms with Crippen LogP contribution in [0.1, 0.15) is 5.56 Å². The molecule has 0 amide bonds. The third-order valence-corrected chi connectivity index (χ3v) is 3.48. The molecule has 0 atom stereocenters. The predicted octanol–water partition coefficient (Wildman–Crippen LogP) is 2.22. The lowest BCUT2D eigenvalue weighted by molar-refractivity contribution is 0.174. The number of rotatable bonds is 6. The molecule has 100 valence electrons. The summed E-state index contributed by atoms with van der Waals surface area (Å²) in [6.07, 6.45) is 2.12. The van der Waals surface area contributed by atoms with Crippen LogP contribution in [0.15, 0.2) is 12.1 Å². The van der Waals surface area contributed by atoms with E-state index in [-0.39, 0.29) is 0 Å². The Labute approximate surface area is 112 Å². The molecule has 0 spiro atoms. The van der Waals surface area contributed by atoms with Crippen molar-refractivity contribution in [2.75, 3.05) is 39.5 Å². The van der Waals surface area contributed by atoms with Crippen molar-refractivity contribution in [2.24, 2.45) is 0 Å². The fraction of sp³-hybridized carbons (Fsp3) is 0.538. The zero-order valence-corrected chi connectivity index (χ0v) is 11.9. The highest BCUT2D eigenvalue weighted by molar-refractivity contribution is 7.98. The second kappa shape index (κ2) is 6.20. The van der Waals surface area contributed by atoms with Crippen molar-refractivity contribution < 1.29 is 14.2 Å². The van der Waals surface area contributed by atoms with Crippen LogP contribution < -0.4 is 14.2 Å². The normalized spacial score (nSPS) is 13.1. The molecule has 1 aromatic carbocycles. The molecule has 0 unspecified atom stereocenters. The molecule has 0 saturated heterocycles. The van der Waals surface area contributed by atoms with Crippen LogP contribution in [0.25, 0.3) is 0 Å². The van der Waals surface area contributed by atoms with Crippen molar-refractivity contribution in [2.45, 2.75) is 6.54 Å². The third kappa shape index (κ3) is 3.03. The quantitative estimate of drug-likeness (QED) is 0.790. The zero-order chi connectivity index (χ0) is 13.0. The summed E-state index contributed by atoms with van der Waals surface area (Å²) >= 11 is 1.85. The molecular formula is C13H19NO3S. The van der Waals surface area contributed by atoms with Crippen LogP contribution >= 0.6 is 11.8 Å². The molecule has 0 N–H and O–H groups in total. The van der Waals surface area contributed by atoms with Crippen molar-refractivity contribution in [3.8, 4) is 17.2 Å². The van der Waals surface area contributed by atoms with Gasteiger partial charge in [0.25, 0.3) is 0 Å². The molecule has 0 aromatic heterocycles. The smallest absolute Gasteiger partial charge is 0.231 e. The van der Waals surface area contributed by atoms with Gasteiger partial charge in [-0.2, -0.15) is 11.8 Å². The lowest BCUT2D eigenvalue weighted by atomic mass is 10.1. The van der Waals surface area contributed by atoms with Gasteiger partial charge in [-0.15, -0.1) is 0 Å². The fourth-order valence-corrected chi connectivity index (χ4v) is 2.39. The van der Waals surface area contributed by atoms with Crippen LogP contribution in [0, 0.1) is 0 Å². The largest absolute Gasteiger partial charge is 0.496 e. The van der Waals surface area contributed by atoms with E-state index in [4.69, 9.17) is 14.2 Å². The minimum atomic E-state index is 0.296. The zero-order valence-electron chi connectivity index (χ0n) is 11.1. The highest BCUT2D eigenvalue weighted by atomic mass is 32.2. The number of hydrogen-bond donors (Lipinski definition) is 0. The van der Waals surface area contributed by atoms with E-state index in [9.17, 15) is 0 Å². The van der Waals surface area contributed by atoms with Crippen molar-refractivity contribution in [1.82, 2.24) is 4.90 Å². The first kappa shape index (κ1) is 13.4. The van der Waals surface area contributed by atoms with Gasteiger partial charge >= 0.3 is 0 Å². The van der Waals surface area contributed by atoms with E-state index in [1.54, 1.807) is 7.11 Å². The van der Waals surface area contributed by atoms with Gasteiger partial charge in [0.1, 0.15) is 5.75 Å². The Hall–Kier alpha value is -1.07. The predicted molar refractivity (Wildman–Crippen MR) is 73.8 cm³/mol. The maximum Gasteiger partial charge on any atom is 0.231 e. The molecule has 1 aliphatic heterocycles. The Morgan fingerprint density at radius 3 is 2.72 bits per heavy atom. The van der Waals surface area contributed by atoms with Crippen LogP contribution in [0.2, 0.25) is 0 Å². The standard InChI is InChI=1S/C13H19NO3S/c1-14(4-5-18-3)8-10-6-12-13(17-9-16-12)7-11(10)15-2/h6-7H,4-5,8-9H2,1-3H3. The average molecular weight is 269 g/mol. The van der Waals surface area contributed by atoms with Crippen LogP contribution in [0.4, 0.5) is 0 Å². The Morgan fingerprint density at radius 2 is 2.06 bits per heavy atom. The number of hydrogen-bond acceptors (Lipinski definition) is 5. The number of nitrogens with zero attached hydrogens (tertiary/aromatic N) is 1. The van der Waals surface area contributed by atoms with Gasteiger partial charge in [0.2, 0.25) is 6.79 Å². The van der Waals surface area contributed by atoms with Gasteiger partial charge in [-0.1, -0.05) is 0 Å². The first-order valence-electron chi connectivity index (χ1n) is 5.88. The summed E-state index contributed by atoms with van der Waals surface area (Å²) in [6, 6.07) is 3.91. The van der Waals surface area contributed by atoms with Crippen molar-refractivity contribution in [1.29, 1.82) is 0 Å². The summed E-state index contributed by atoms with van der Waals surface area (Å²) < 4.78 is 16.2. The maximum atomic E-state index is 5.41. The minimum absolute atomic E-state index is 0.296. The Balaban J connectivity index is 2.11. The topological polar surface area (TPSA) is 30.9 Å². The average Bonchev–Trinajstić information content (AvgIpc) is 2.82. The van der Waals surface area contributed by atoms with E-state index in [0.717, 1.165) is 41.7 Å². The van der Waals surface area contributed by atoms with Gasteiger partial charge < -0.3 is 19.1 Å².